The van der Waals surface area contributed by atoms with Crippen molar-refractivity contribution in [3.05, 3.63) is 65.7 Å². The van der Waals surface area contributed by atoms with Crippen LogP contribution in [0.4, 0.5) is 13.2 Å². The minimum absolute atomic E-state index is 0.228. The Kier molecular flexibility index (Phi) is 6.21. The maximum absolute atomic E-state index is 12.2. The highest BCUT2D eigenvalue weighted by molar-refractivity contribution is 5.81. The van der Waals surface area contributed by atoms with Gasteiger partial charge >= 0.3 is 6.36 Å². The van der Waals surface area contributed by atoms with Gasteiger partial charge in [-0.2, -0.15) is 0 Å². The molecule has 0 spiro atoms. The first-order valence-electron chi connectivity index (χ1n) is 8.97. The molecule has 1 fully saturated rings. The van der Waals surface area contributed by atoms with E-state index in [-0.39, 0.29) is 11.7 Å². The van der Waals surface area contributed by atoms with Crippen molar-refractivity contribution in [3.63, 3.8) is 0 Å². The molecule has 2 aromatic rings. The van der Waals surface area contributed by atoms with E-state index in [0.29, 0.717) is 19.6 Å². The number of halogens is 3. The molecule has 2 aromatic carbocycles. The second-order valence-corrected chi connectivity index (χ2v) is 6.72. The van der Waals surface area contributed by atoms with E-state index in [4.69, 9.17) is 5.73 Å². The molecule has 0 unspecified atom stereocenters. The van der Waals surface area contributed by atoms with Crippen LogP contribution in [0.25, 0.3) is 0 Å². The molecule has 1 aliphatic heterocycles. The summed E-state index contributed by atoms with van der Waals surface area (Å²) in [6.45, 7) is 3.44. The molecule has 150 valence electrons. The summed E-state index contributed by atoms with van der Waals surface area (Å²) in [4.78, 5) is 16.2. The minimum Gasteiger partial charge on any atom is -0.406 e. The van der Waals surface area contributed by atoms with E-state index in [1.54, 1.807) is 12.1 Å². The molecule has 1 amide bonds. The molecule has 1 atom stereocenters. The molecule has 1 heterocycles. The number of nitrogens with two attached hydrogens (primary N) is 1. The first kappa shape index (κ1) is 20.2. The highest BCUT2D eigenvalue weighted by Crippen LogP contribution is 2.24. The molecule has 1 saturated heterocycles. The summed E-state index contributed by atoms with van der Waals surface area (Å²) in [5.41, 5.74) is 7.41. The predicted octanol–water partition coefficient (Wildman–Crippen LogP) is 2.93. The van der Waals surface area contributed by atoms with Gasteiger partial charge in [-0.25, -0.2) is 0 Å². The summed E-state index contributed by atoms with van der Waals surface area (Å²) in [7, 11) is 0. The summed E-state index contributed by atoms with van der Waals surface area (Å²) in [6, 6.07) is 14.9. The first-order chi connectivity index (χ1) is 13.3. The van der Waals surface area contributed by atoms with Gasteiger partial charge in [-0.05, 0) is 23.3 Å². The number of ether oxygens (including phenoxy) is 1. The Balaban J connectivity index is 1.56. The fourth-order valence-electron chi connectivity index (χ4n) is 3.42. The van der Waals surface area contributed by atoms with Crippen LogP contribution >= 0.6 is 0 Å². The van der Waals surface area contributed by atoms with Gasteiger partial charge in [-0.1, -0.05) is 42.5 Å². The number of rotatable bonds is 6. The van der Waals surface area contributed by atoms with Crippen LogP contribution in [-0.2, 0) is 11.3 Å². The van der Waals surface area contributed by atoms with E-state index in [1.807, 2.05) is 30.3 Å². The largest absolute Gasteiger partial charge is 0.573 e. The topological polar surface area (TPSA) is 58.8 Å². The van der Waals surface area contributed by atoms with Crippen LogP contribution in [0.2, 0.25) is 0 Å². The Morgan fingerprint density at radius 3 is 2.14 bits per heavy atom. The second-order valence-electron chi connectivity index (χ2n) is 6.72. The molecule has 28 heavy (non-hydrogen) atoms. The number of amides is 1. The van der Waals surface area contributed by atoms with E-state index in [0.717, 1.165) is 24.2 Å². The molecular formula is C20H22F3N3O2. The number of nitrogens with zero attached hydrogens (tertiary/aromatic N) is 2. The molecule has 1 aliphatic rings. The van der Waals surface area contributed by atoms with E-state index in [2.05, 4.69) is 14.5 Å². The normalized spacial score (nSPS) is 17.2. The summed E-state index contributed by atoms with van der Waals surface area (Å²) >= 11 is 0. The lowest BCUT2D eigenvalue weighted by Crippen LogP contribution is -2.49. The average Bonchev–Trinajstić information content (AvgIpc) is 2.64. The molecule has 0 aromatic heterocycles. The van der Waals surface area contributed by atoms with Gasteiger partial charge < -0.3 is 10.5 Å². The van der Waals surface area contributed by atoms with Crippen LogP contribution in [0, 0.1) is 0 Å². The maximum Gasteiger partial charge on any atom is 0.573 e. The van der Waals surface area contributed by atoms with Crippen molar-refractivity contribution in [1.82, 2.24) is 9.80 Å². The van der Waals surface area contributed by atoms with Crippen molar-refractivity contribution in [2.45, 2.75) is 18.9 Å². The number of hydrogen-bond donors (Lipinski definition) is 1. The summed E-state index contributed by atoms with van der Waals surface area (Å²) in [5, 5.41) is 0. The summed E-state index contributed by atoms with van der Waals surface area (Å²) in [6.07, 6.45) is -4.69. The van der Waals surface area contributed by atoms with Crippen LogP contribution < -0.4 is 10.5 Å². The Bertz CT molecular complexity index is 774. The van der Waals surface area contributed by atoms with Gasteiger partial charge in [0, 0.05) is 32.7 Å². The van der Waals surface area contributed by atoms with Gasteiger partial charge in [0.1, 0.15) is 11.8 Å². The molecule has 0 saturated carbocycles. The lowest BCUT2D eigenvalue weighted by atomic mass is 10.0. The fourth-order valence-corrected chi connectivity index (χ4v) is 3.42. The maximum atomic E-state index is 12.2. The third-order valence-corrected chi connectivity index (χ3v) is 4.72. The second kappa shape index (κ2) is 8.62. The molecule has 5 nitrogen and oxygen atoms in total. The molecule has 8 heteroatoms. The van der Waals surface area contributed by atoms with E-state index in [9.17, 15) is 18.0 Å². The highest BCUT2D eigenvalue weighted by Gasteiger charge is 2.31. The number of alkyl halides is 3. The van der Waals surface area contributed by atoms with Gasteiger partial charge in [0.2, 0.25) is 5.91 Å². The Hall–Kier alpha value is -2.58. The number of carbonyl (C=O) groups is 1. The molecule has 2 N–H and O–H groups in total. The molecule has 3 rings (SSSR count). The SMILES string of the molecule is NC(=O)[C@H](c1ccccc1)N1CCN(Cc2ccc(OC(F)(F)F)cc2)CC1. The van der Waals surface area contributed by atoms with Gasteiger partial charge in [-0.15, -0.1) is 13.2 Å². The average molecular weight is 393 g/mol. The van der Waals surface area contributed by atoms with Crippen molar-refractivity contribution in [2.75, 3.05) is 26.2 Å². The third kappa shape index (κ3) is 5.46. The number of carbonyl (C=O) groups excluding carboxylic acids is 1. The smallest absolute Gasteiger partial charge is 0.406 e. The van der Waals surface area contributed by atoms with Gasteiger partial charge in [0.05, 0.1) is 0 Å². The van der Waals surface area contributed by atoms with Gasteiger partial charge in [-0.3, -0.25) is 14.6 Å². The van der Waals surface area contributed by atoms with Crippen molar-refractivity contribution in [1.29, 1.82) is 0 Å². The number of primary amides is 1. The van der Waals surface area contributed by atoms with E-state index < -0.39 is 12.4 Å². The van der Waals surface area contributed by atoms with Gasteiger partial charge in [0.25, 0.3) is 0 Å². The lowest BCUT2D eigenvalue weighted by Gasteiger charge is -2.38. The Morgan fingerprint density at radius 1 is 1.00 bits per heavy atom. The molecular weight excluding hydrogens is 371 g/mol. The zero-order chi connectivity index (χ0) is 20.1. The standard InChI is InChI=1S/C20H22F3N3O2/c21-20(22,23)28-17-8-6-15(7-9-17)14-25-10-12-26(13-11-25)18(19(24)27)16-4-2-1-3-5-16/h1-9,18H,10-14H2,(H2,24,27)/t18-/m0/s1. The highest BCUT2D eigenvalue weighted by atomic mass is 19.4. The molecule has 0 bridgehead atoms. The Labute approximate surface area is 161 Å². The minimum atomic E-state index is -4.69. The zero-order valence-electron chi connectivity index (χ0n) is 15.2. The third-order valence-electron chi connectivity index (χ3n) is 4.72. The van der Waals surface area contributed by atoms with Crippen LogP contribution in [0.5, 0.6) is 5.75 Å². The van der Waals surface area contributed by atoms with Crippen LogP contribution in [-0.4, -0.2) is 48.2 Å². The molecule has 0 aliphatic carbocycles. The monoisotopic (exact) mass is 393 g/mol. The molecule has 0 radical (unpaired) electrons. The zero-order valence-corrected chi connectivity index (χ0v) is 15.2. The van der Waals surface area contributed by atoms with Crippen molar-refractivity contribution in [3.8, 4) is 5.75 Å². The quantitative estimate of drug-likeness (QED) is 0.820. The van der Waals surface area contributed by atoms with Crippen LogP contribution in [0.15, 0.2) is 54.6 Å². The fraction of sp³-hybridized carbons (Fsp3) is 0.350. The number of piperazine rings is 1. The predicted molar refractivity (Wildman–Crippen MR) is 98.4 cm³/mol. The van der Waals surface area contributed by atoms with E-state index >= 15 is 0 Å². The van der Waals surface area contributed by atoms with Crippen molar-refractivity contribution < 1.29 is 22.7 Å². The van der Waals surface area contributed by atoms with Crippen molar-refractivity contribution in [2.24, 2.45) is 5.73 Å². The summed E-state index contributed by atoms with van der Waals surface area (Å²) < 4.78 is 40.6. The lowest BCUT2D eigenvalue weighted by molar-refractivity contribution is -0.274. The Morgan fingerprint density at radius 2 is 1.61 bits per heavy atom. The summed E-state index contributed by atoms with van der Waals surface area (Å²) in [5.74, 6) is -0.604. The van der Waals surface area contributed by atoms with Crippen LogP contribution in [0.3, 0.4) is 0 Å². The van der Waals surface area contributed by atoms with Gasteiger partial charge in [0.15, 0.2) is 0 Å². The van der Waals surface area contributed by atoms with Crippen molar-refractivity contribution >= 4 is 5.91 Å². The van der Waals surface area contributed by atoms with E-state index in [1.165, 1.54) is 12.1 Å². The van der Waals surface area contributed by atoms with Crippen LogP contribution in [0.1, 0.15) is 17.2 Å². The number of hydrogen-bond acceptors (Lipinski definition) is 4. The number of benzene rings is 2. The first-order valence-corrected chi connectivity index (χ1v) is 8.97.